The first kappa shape index (κ1) is 13.1. The molecule has 0 fully saturated rings. The van der Waals surface area contributed by atoms with Gasteiger partial charge in [-0.15, -0.1) is 0 Å². The fourth-order valence-electron chi connectivity index (χ4n) is 1.06. The normalized spacial score (nSPS) is 15.5. The fourth-order valence-corrected chi connectivity index (χ4v) is 2.46. The Morgan fingerprint density at radius 2 is 1.56 bits per heavy atom. The summed E-state index contributed by atoms with van der Waals surface area (Å²) in [5, 5.41) is 0. The summed E-state index contributed by atoms with van der Waals surface area (Å²) in [6, 6.07) is 2.23. The number of rotatable bonds is 2. The van der Waals surface area contributed by atoms with Crippen LogP contribution in [0.4, 0.5) is 17.6 Å². The molecule has 0 saturated carbocycles. The van der Waals surface area contributed by atoms with Gasteiger partial charge >= 0.3 is 6.18 Å². The lowest BCUT2D eigenvalue weighted by atomic mass is 10.4. The predicted octanol–water partition coefficient (Wildman–Crippen LogP) is 1.83. The van der Waals surface area contributed by atoms with Gasteiger partial charge in [0.15, 0.2) is 0 Å². The van der Waals surface area contributed by atoms with Crippen LogP contribution in [-0.2, 0) is 9.63 Å². The first-order valence-electron chi connectivity index (χ1n) is 3.92. The zero-order chi connectivity index (χ0) is 12.6. The van der Waals surface area contributed by atoms with Crippen molar-refractivity contribution in [1.82, 2.24) is 0 Å². The Labute approximate surface area is 88.1 Å². The molecule has 8 heteroatoms. The maximum Gasteiger partial charge on any atom is 0.396 e. The van der Waals surface area contributed by atoms with E-state index in [-0.39, 0.29) is 0 Å². The molecule has 0 amide bonds. The van der Waals surface area contributed by atoms with Crippen LogP contribution in [0.1, 0.15) is 0 Å². The molecule has 0 aliphatic heterocycles. The number of hydrogen-bond acceptors (Lipinski definition) is 3. The van der Waals surface area contributed by atoms with Crippen LogP contribution in [0.5, 0.6) is 0 Å². The summed E-state index contributed by atoms with van der Waals surface area (Å²) in [7, 11) is -6.49. The van der Waals surface area contributed by atoms with Crippen molar-refractivity contribution in [2.24, 2.45) is 0 Å². The molecule has 0 radical (unpaired) electrons. The average molecular weight is 258 g/mol. The van der Waals surface area contributed by atoms with Gasteiger partial charge in [0, 0.05) is 0 Å². The number of alkyl halides is 3. The van der Waals surface area contributed by atoms with Gasteiger partial charge in [-0.2, -0.15) is 22.8 Å². The quantitative estimate of drug-likeness (QED) is 0.760. The molecule has 0 atom stereocenters. The third-order valence-electron chi connectivity index (χ3n) is 1.68. The van der Waals surface area contributed by atoms with E-state index in [1.165, 1.54) is 0 Å². The van der Waals surface area contributed by atoms with Gasteiger partial charge in [0.25, 0.3) is 0 Å². The minimum absolute atomic E-state index is 0.510. The smallest absolute Gasteiger partial charge is 0.396 e. The highest BCUT2D eigenvalue weighted by atomic mass is 32.3. The van der Waals surface area contributed by atoms with Crippen molar-refractivity contribution in [3.63, 3.8) is 0 Å². The molecule has 1 aromatic carbocycles. The van der Waals surface area contributed by atoms with E-state index < -0.39 is 32.3 Å². The standard InChI is InChI=1S/C8H8F4O3S/c9-6-1-3-7(4-2-6)16(13,14,15)5-8(10,11)12/h1-4H,5H2,(H2,13,14,15)/p-2. The molecule has 0 spiro atoms. The van der Waals surface area contributed by atoms with E-state index in [0.29, 0.717) is 24.3 Å². The maximum atomic E-state index is 12.4. The van der Waals surface area contributed by atoms with E-state index in [2.05, 4.69) is 0 Å². The number of benzene rings is 1. The molecule has 1 rings (SSSR count). The molecule has 0 heterocycles. The van der Waals surface area contributed by atoms with Crippen molar-refractivity contribution in [2.75, 3.05) is 5.75 Å². The van der Waals surface area contributed by atoms with Crippen LogP contribution in [0.2, 0.25) is 0 Å². The minimum Gasteiger partial charge on any atom is -0.795 e. The highest BCUT2D eigenvalue weighted by molar-refractivity contribution is 8.10. The maximum absolute atomic E-state index is 12.4. The second-order valence-corrected chi connectivity index (χ2v) is 5.83. The van der Waals surface area contributed by atoms with Crippen LogP contribution < -0.4 is 0 Å². The molecule has 92 valence electrons. The van der Waals surface area contributed by atoms with Gasteiger partial charge in [0.2, 0.25) is 0 Å². The van der Waals surface area contributed by atoms with E-state index in [1.807, 2.05) is 0 Å². The zero-order valence-corrected chi connectivity index (χ0v) is 8.48. The third kappa shape index (κ3) is 3.26. The first-order chi connectivity index (χ1) is 6.98. The molecular weight excluding hydrogens is 252 g/mol. The molecular formula is C8H6F4O3S-2. The second-order valence-electron chi connectivity index (χ2n) is 3.17. The summed E-state index contributed by atoms with van der Waals surface area (Å²) in [5.74, 6) is -3.35. The molecule has 16 heavy (non-hydrogen) atoms. The van der Waals surface area contributed by atoms with E-state index >= 15 is 0 Å². The highest BCUT2D eigenvalue weighted by Gasteiger charge is 2.34. The van der Waals surface area contributed by atoms with Crippen molar-refractivity contribution in [3.05, 3.63) is 30.1 Å². The monoisotopic (exact) mass is 258 g/mol. The number of sulfone groups is 3. The van der Waals surface area contributed by atoms with E-state index in [9.17, 15) is 30.9 Å². The van der Waals surface area contributed by atoms with Crippen molar-refractivity contribution in [3.8, 4) is 0 Å². The fraction of sp³-hybridized carbons (Fsp3) is 0.250. The topological polar surface area (TPSA) is 63.2 Å². The van der Waals surface area contributed by atoms with Gasteiger partial charge in [-0.3, -0.25) is 0 Å². The van der Waals surface area contributed by atoms with Gasteiger partial charge in [-0.05, 0) is 29.2 Å². The van der Waals surface area contributed by atoms with Crippen molar-refractivity contribution >= 4 is 9.63 Å². The van der Waals surface area contributed by atoms with Gasteiger partial charge in [0.05, 0.1) is 5.75 Å². The molecule has 0 aliphatic rings. The predicted molar refractivity (Wildman–Crippen MR) is 45.3 cm³/mol. The van der Waals surface area contributed by atoms with E-state index in [4.69, 9.17) is 0 Å². The van der Waals surface area contributed by atoms with Gasteiger partial charge in [-0.1, -0.05) is 0 Å². The van der Waals surface area contributed by atoms with Crippen molar-refractivity contribution in [1.29, 1.82) is 0 Å². The van der Waals surface area contributed by atoms with Crippen LogP contribution in [0.25, 0.3) is 0 Å². The summed E-state index contributed by atoms with van der Waals surface area (Å²) < 4.78 is 81.7. The van der Waals surface area contributed by atoms with Crippen LogP contribution in [-0.4, -0.2) is 25.2 Å². The molecule has 0 aromatic heterocycles. The molecule has 1 aromatic rings. The second kappa shape index (κ2) is 3.51. The van der Waals surface area contributed by atoms with Crippen LogP contribution >= 0.6 is 0 Å². The zero-order valence-electron chi connectivity index (χ0n) is 7.66. The highest BCUT2D eigenvalue weighted by Crippen LogP contribution is 2.34. The first-order valence-corrected chi connectivity index (χ1v) is 5.91. The lowest BCUT2D eigenvalue weighted by Crippen LogP contribution is -2.42. The minimum atomic E-state index is -6.49. The molecule has 0 N–H and O–H groups in total. The summed E-state index contributed by atoms with van der Waals surface area (Å²) in [4.78, 5) is -1.09. The lowest BCUT2D eigenvalue weighted by Gasteiger charge is -2.55. The molecule has 3 nitrogen and oxygen atoms in total. The SMILES string of the molecule is O=S([O-])([O-])(CC(F)(F)F)c1ccc(F)cc1. The Hall–Kier alpha value is -0.990. The Balaban J connectivity index is 3.18. The Morgan fingerprint density at radius 1 is 1.12 bits per heavy atom. The third-order valence-corrected chi connectivity index (χ3v) is 3.69. The van der Waals surface area contributed by atoms with Crippen LogP contribution in [0.3, 0.4) is 0 Å². The summed E-state index contributed by atoms with van der Waals surface area (Å²) >= 11 is 0. The molecule has 0 aliphatic carbocycles. The van der Waals surface area contributed by atoms with Gasteiger partial charge in [0.1, 0.15) is 5.82 Å². The van der Waals surface area contributed by atoms with Crippen molar-refractivity contribution in [2.45, 2.75) is 11.1 Å². The van der Waals surface area contributed by atoms with Gasteiger partial charge < -0.3 is 13.3 Å². The summed E-state index contributed by atoms with van der Waals surface area (Å²) in [6.07, 6.45) is -5.14. The largest absolute Gasteiger partial charge is 0.795 e. The number of hydrogen-bond donors (Lipinski definition) is 0. The van der Waals surface area contributed by atoms with Gasteiger partial charge in [-0.25, -0.2) is 4.39 Å². The summed E-state index contributed by atoms with van der Waals surface area (Å²) in [5.41, 5.74) is 0. The van der Waals surface area contributed by atoms with Crippen molar-refractivity contribution < 1.29 is 30.9 Å². The molecule has 0 unspecified atom stereocenters. The Kier molecular flexibility index (Phi) is 2.86. The van der Waals surface area contributed by atoms with E-state index in [1.54, 1.807) is 0 Å². The van der Waals surface area contributed by atoms with Crippen LogP contribution in [0.15, 0.2) is 29.2 Å². The molecule has 0 saturated heterocycles. The number of halogens is 4. The van der Waals surface area contributed by atoms with Crippen LogP contribution in [0, 0.1) is 5.82 Å². The summed E-state index contributed by atoms with van der Waals surface area (Å²) in [6.45, 7) is 0. The Bertz CT molecular complexity index is 445. The average Bonchev–Trinajstić information content (AvgIpc) is 1.98. The lowest BCUT2D eigenvalue weighted by molar-refractivity contribution is -0.109. The Morgan fingerprint density at radius 3 is 1.94 bits per heavy atom. The van der Waals surface area contributed by atoms with E-state index in [0.717, 1.165) is 0 Å². The molecule has 0 bridgehead atoms.